The Kier molecular flexibility index (Phi) is 6.93. The number of aromatic nitrogens is 1. The smallest absolute Gasteiger partial charge is 0.449 e. The monoisotopic (exact) mass is 247 g/mol. The first-order valence-corrected chi connectivity index (χ1v) is 4.17. The molecule has 0 atom stereocenters. The predicted molar refractivity (Wildman–Crippen MR) is 46.8 cm³/mol. The maximum Gasteiger partial charge on any atom is 1.00 e. The molecule has 0 bridgehead atoms. The molecule has 1 aromatic heterocycles. The van der Waals surface area contributed by atoms with Crippen molar-refractivity contribution in [2.75, 3.05) is 0 Å². The number of hydrogen-bond acceptors (Lipinski definition) is 1. The number of aryl methyl sites for hydroxylation is 1. The molecule has 0 aliphatic carbocycles. The molecule has 1 aromatic rings. The van der Waals surface area contributed by atoms with Gasteiger partial charge in [0.25, 0.3) is 0 Å². The predicted octanol–water partition coefficient (Wildman–Crippen LogP) is 0.129. The van der Waals surface area contributed by atoms with Crippen molar-refractivity contribution in [1.82, 2.24) is 4.98 Å². The molecule has 0 N–H and O–H groups in total. The molecule has 1 rings (SSSR count). The summed E-state index contributed by atoms with van der Waals surface area (Å²) in [6.07, 6.45) is -0.891. The zero-order chi connectivity index (χ0) is 9.90. The third kappa shape index (κ3) is 6.42. The average Bonchev–Trinajstić information content (AvgIpc) is 2.00. The summed E-state index contributed by atoms with van der Waals surface area (Å²) in [5.41, 5.74) is 0.381. The minimum atomic E-state index is -4.72. The molecule has 0 unspecified atom stereocenters. The van der Waals surface area contributed by atoms with E-state index in [0.29, 0.717) is 5.69 Å². The van der Waals surface area contributed by atoms with Gasteiger partial charge in [0.1, 0.15) is 5.15 Å². The Morgan fingerprint density at radius 3 is 2.43 bits per heavy atom. The summed E-state index contributed by atoms with van der Waals surface area (Å²) in [4.78, 5) is 3.75. The number of rotatable bonds is 3. The molecule has 0 saturated carbocycles. The van der Waals surface area contributed by atoms with E-state index in [-0.39, 0.29) is 63.0 Å². The minimum absolute atomic E-state index is 0. The molecular formula is C7H7BClF3KN. The standard InChI is InChI=1S/C7H7BClF3N.K/c9-7-3-1-2-6(13-7)4-5-8(10,11)12;/h1-3H,4-5H2;/q-1;+1. The molecule has 72 valence electrons. The van der Waals surface area contributed by atoms with Crippen LogP contribution in [-0.2, 0) is 6.42 Å². The molecule has 0 spiro atoms. The maximum atomic E-state index is 11.8. The third-order valence-corrected chi connectivity index (χ3v) is 1.71. The van der Waals surface area contributed by atoms with Gasteiger partial charge in [0, 0.05) is 5.69 Å². The van der Waals surface area contributed by atoms with E-state index in [9.17, 15) is 12.9 Å². The quantitative estimate of drug-likeness (QED) is 0.547. The SMILES string of the molecule is F[B-](F)(F)CCc1cccc(Cl)n1.[K+]. The number of halogens is 4. The Morgan fingerprint density at radius 1 is 1.29 bits per heavy atom. The first kappa shape index (κ1) is 14.9. The number of hydrogen-bond donors (Lipinski definition) is 0. The van der Waals surface area contributed by atoms with Gasteiger partial charge >= 0.3 is 58.4 Å². The van der Waals surface area contributed by atoms with E-state index >= 15 is 0 Å². The Labute approximate surface area is 128 Å². The summed E-state index contributed by atoms with van der Waals surface area (Å²) >= 11 is 5.51. The molecule has 7 heteroatoms. The Bertz CT molecular complexity index is 295. The fourth-order valence-electron chi connectivity index (χ4n) is 0.901. The van der Waals surface area contributed by atoms with Crippen LogP contribution in [0.1, 0.15) is 5.69 Å². The maximum absolute atomic E-state index is 11.8. The second-order valence-corrected chi connectivity index (χ2v) is 3.09. The molecule has 0 aliphatic rings. The first-order chi connectivity index (χ1) is 5.97. The summed E-state index contributed by atoms with van der Waals surface area (Å²) in [5, 5.41) is 0.229. The molecular weight excluding hydrogens is 240 g/mol. The van der Waals surface area contributed by atoms with Crippen LogP contribution in [-0.4, -0.2) is 12.0 Å². The average molecular weight is 247 g/mol. The summed E-state index contributed by atoms with van der Waals surface area (Å²) in [6.45, 7) is -4.72. The van der Waals surface area contributed by atoms with Gasteiger partial charge in [-0.1, -0.05) is 24.0 Å². The number of nitrogens with zero attached hydrogens (tertiary/aromatic N) is 1. The van der Waals surface area contributed by atoms with E-state index in [2.05, 4.69) is 4.98 Å². The van der Waals surface area contributed by atoms with Gasteiger partial charge in [-0.15, -0.1) is 0 Å². The van der Waals surface area contributed by atoms with Gasteiger partial charge in [0.15, 0.2) is 0 Å². The van der Waals surface area contributed by atoms with Gasteiger partial charge in [0.2, 0.25) is 0 Å². The molecule has 0 aliphatic heterocycles. The van der Waals surface area contributed by atoms with E-state index in [4.69, 9.17) is 11.6 Å². The van der Waals surface area contributed by atoms with Crippen LogP contribution in [0.3, 0.4) is 0 Å². The van der Waals surface area contributed by atoms with E-state index in [1.54, 1.807) is 6.07 Å². The van der Waals surface area contributed by atoms with E-state index in [1.807, 2.05) is 0 Å². The van der Waals surface area contributed by atoms with Gasteiger partial charge in [-0.05, 0) is 18.6 Å². The van der Waals surface area contributed by atoms with Crippen molar-refractivity contribution in [2.24, 2.45) is 0 Å². The normalized spacial score (nSPS) is 10.9. The van der Waals surface area contributed by atoms with Crippen molar-refractivity contribution in [3.05, 3.63) is 29.0 Å². The van der Waals surface area contributed by atoms with Crippen LogP contribution in [0.5, 0.6) is 0 Å². The van der Waals surface area contributed by atoms with Crippen LogP contribution in [0.15, 0.2) is 18.2 Å². The van der Waals surface area contributed by atoms with E-state index in [0.717, 1.165) is 0 Å². The second kappa shape index (κ2) is 6.50. The van der Waals surface area contributed by atoms with Crippen LogP contribution in [0.2, 0.25) is 11.5 Å². The van der Waals surface area contributed by atoms with Gasteiger partial charge in [0.05, 0.1) is 0 Å². The van der Waals surface area contributed by atoms with Crippen LogP contribution >= 0.6 is 11.6 Å². The summed E-state index contributed by atoms with van der Waals surface area (Å²) < 4.78 is 35.5. The van der Waals surface area contributed by atoms with Crippen LogP contribution in [0.4, 0.5) is 12.9 Å². The molecule has 0 amide bonds. The van der Waals surface area contributed by atoms with E-state index in [1.165, 1.54) is 12.1 Å². The summed E-state index contributed by atoms with van der Waals surface area (Å²) in [6, 6.07) is 4.66. The zero-order valence-corrected chi connectivity index (χ0v) is 11.6. The van der Waals surface area contributed by atoms with Gasteiger partial charge in [-0.2, -0.15) is 0 Å². The van der Waals surface area contributed by atoms with Gasteiger partial charge < -0.3 is 12.9 Å². The van der Waals surface area contributed by atoms with Crippen molar-refractivity contribution in [1.29, 1.82) is 0 Å². The van der Waals surface area contributed by atoms with Crippen molar-refractivity contribution in [2.45, 2.75) is 12.7 Å². The second-order valence-electron chi connectivity index (χ2n) is 2.70. The Morgan fingerprint density at radius 2 is 1.93 bits per heavy atom. The fraction of sp³-hybridized carbons (Fsp3) is 0.286. The van der Waals surface area contributed by atoms with E-state index < -0.39 is 13.3 Å². The molecule has 1 nitrogen and oxygen atoms in total. The first-order valence-electron chi connectivity index (χ1n) is 3.80. The van der Waals surface area contributed by atoms with Crippen molar-refractivity contribution in [3.63, 3.8) is 0 Å². The molecule has 0 aromatic carbocycles. The number of pyridine rings is 1. The largest absolute Gasteiger partial charge is 1.00 e. The summed E-state index contributed by atoms with van der Waals surface area (Å²) in [5.74, 6) is 0. The van der Waals surface area contributed by atoms with Crippen molar-refractivity contribution in [3.8, 4) is 0 Å². The fourth-order valence-corrected chi connectivity index (χ4v) is 1.08. The Hall–Kier alpha value is 0.931. The van der Waals surface area contributed by atoms with Gasteiger partial charge in [-0.3, -0.25) is 0 Å². The molecule has 14 heavy (non-hydrogen) atoms. The van der Waals surface area contributed by atoms with Crippen LogP contribution in [0.25, 0.3) is 0 Å². The minimum Gasteiger partial charge on any atom is -0.449 e. The molecule has 0 radical (unpaired) electrons. The summed E-state index contributed by atoms with van der Waals surface area (Å²) in [7, 11) is 0. The molecule has 0 saturated heterocycles. The topological polar surface area (TPSA) is 12.9 Å². The zero-order valence-electron chi connectivity index (χ0n) is 7.68. The van der Waals surface area contributed by atoms with Gasteiger partial charge in [-0.25, -0.2) is 4.98 Å². The van der Waals surface area contributed by atoms with Crippen LogP contribution < -0.4 is 51.4 Å². The van der Waals surface area contributed by atoms with Crippen molar-refractivity contribution < 1.29 is 64.3 Å². The third-order valence-electron chi connectivity index (χ3n) is 1.50. The Balaban J connectivity index is 0.00000169. The van der Waals surface area contributed by atoms with Crippen molar-refractivity contribution >= 4 is 18.6 Å². The van der Waals surface area contributed by atoms with Crippen LogP contribution in [0, 0.1) is 0 Å². The molecule has 1 heterocycles. The molecule has 0 fully saturated rings.